The van der Waals surface area contributed by atoms with Gasteiger partial charge in [0, 0.05) is 48.8 Å². The zero-order valence-electron chi connectivity index (χ0n) is 48.1. The quantitative estimate of drug-likeness (QED) is 0.0209. The number of carbonyl (C=O) groups excluding carboxylic acids is 1. The first-order valence-corrected chi connectivity index (χ1v) is 30.2. The van der Waals surface area contributed by atoms with E-state index < -0.39 is 7.37 Å². The predicted molar refractivity (Wildman–Crippen MR) is 307 cm³/mol. The lowest BCUT2D eigenvalue weighted by atomic mass is 9.85. The van der Waals surface area contributed by atoms with Crippen LogP contribution in [-0.4, -0.2) is 56.4 Å². The summed E-state index contributed by atoms with van der Waals surface area (Å²) in [5, 5.41) is 10.2. The molecule has 0 spiro atoms. The Labute approximate surface area is 426 Å². The zero-order valence-corrected chi connectivity index (χ0v) is 49.0. The molecule has 0 heterocycles. The molecule has 68 heavy (non-hydrogen) atoms. The molecule has 7 nitrogen and oxygen atoms in total. The van der Waals surface area contributed by atoms with Crippen molar-refractivity contribution in [2.45, 2.75) is 287 Å². The first-order valence-electron chi connectivity index (χ1n) is 28.3. The number of unbranched alkanes of at least 4 members (excludes halogenated alkanes) is 20. The van der Waals surface area contributed by atoms with Gasteiger partial charge in [-0.25, -0.2) is 0 Å². The Morgan fingerprint density at radius 3 is 1.44 bits per heavy atom. The summed E-state index contributed by atoms with van der Waals surface area (Å²) in [6.45, 7) is 44.0. The van der Waals surface area contributed by atoms with Crippen LogP contribution in [0.15, 0.2) is 48.9 Å². The van der Waals surface area contributed by atoms with Gasteiger partial charge in [0.1, 0.15) is 6.29 Å². The van der Waals surface area contributed by atoms with Crippen LogP contribution in [0.1, 0.15) is 269 Å². The van der Waals surface area contributed by atoms with Gasteiger partial charge in [-0.2, -0.15) is 0 Å². The van der Waals surface area contributed by atoms with Crippen LogP contribution in [0.3, 0.4) is 0 Å². The van der Waals surface area contributed by atoms with E-state index in [2.05, 4.69) is 83.8 Å². The van der Waals surface area contributed by atoms with Crippen LogP contribution in [0.4, 0.5) is 0 Å². The van der Waals surface area contributed by atoms with E-state index >= 15 is 0 Å². The molecule has 0 aromatic rings. The van der Waals surface area contributed by atoms with Crippen LogP contribution in [0.2, 0.25) is 0 Å². The highest BCUT2D eigenvalue weighted by atomic mass is 31.2. The average molecular weight is 978 g/mol. The Bertz CT molecular complexity index is 1270. The van der Waals surface area contributed by atoms with Crippen molar-refractivity contribution >= 4 is 13.7 Å². The normalized spacial score (nSPS) is 13.5. The van der Waals surface area contributed by atoms with E-state index in [-0.39, 0.29) is 28.5 Å². The summed E-state index contributed by atoms with van der Waals surface area (Å²) in [7, 11) is -0.572. The van der Waals surface area contributed by atoms with Crippen molar-refractivity contribution in [2.24, 2.45) is 16.6 Å². The lowest BCUT2D eigenvalue weighted by Gasteiger charge is -2.32. The van der Waals surface area contributed by atoms with Gasteiger partial charge in [-0.1, -0.05) is 202 Å². The van der Waals surface area contributed by atoms with E-state index in [9.17, 15) is 9.36 Å². The summed E-state index contributed by atoms with van der Waals surface area (Å²) in [4.78, 5) is 10.9. The molecule has 3 unspecified atom stereocenters. The van der Waals surface area contributed by atoms with Crippen molar-refractivity contribution in [2.75, 3.05) is 32.5 Å². The Balaban J connectivity index is -0.00000153. The molecule has 8 heteroatoms. The highest BCUT2D eigenvalue weighted by Crippen LogP contribution is 2.54. The Morgan fingerprint density at radius 2 is 1.03 bits per heavy atom. The second-order valence-corrected chi connectivity index (χ2v) is 26.0. The molecule has 0 aliphatic rings. The van der Waals surface area contributed by atoms with Gasteiger partial charge in [0.25, 0.3) is 0 Å². The monoisotopic (exact) mass is 977 g/mol. The second-order valence-electron chi connectivity index (χ2n) is 23.4. The van der Waals surface area contributed by atoms with Gasteiger partial charge in [-0.15, -0.1) is 0 Å². The minimum absolute atomic E-state index is 0.0302. The maximum Gasteiger partial charge on any atom is 0.204 e. The highest BCUT2D eigenvalue weighted by Gasteiger charge is 2.33. The van der Waals surface area contributed by atoms with Gasteiger partial charge in [-0.05, 0) is 123 Å². The van der Waals surface area contributed by atoms with E-state index in [0.29, 0.717) is 12.6 Å². The number of rotatable bonds is 43. The molecule has 0 amide bonds. The number of hydrogen-bond acceptors (Lipinski definition) is 7. The summed E-state index contributed by atoms with van der Waals surface area (Å²) < 4.78 is 19.6. The number of aldehydes is 1. The largest absolute Gasteiger partial charge is 0.389 e. The maximum absolute atomic E-state index is 13.5. The first kappa shape index (κ1) is 70.6. The fourth-order valence-electron chi connectivity index (χ4n) is 8.54. The molecule has 0 radical (unpaired) electrons. The standard InChI is InChI=1S/C40H78NO3P.C18H37N3.C2H6/c1-35(33-38(3,4)5)37(30-28-31-42)41-36(2)29-26-24-22-20-18-16-14-12-13-15-17-19-21-23-25-27-32-45(43,34-39(6,7)8)44-40(9,10)11;1-16(2)18(19)13-9-11-15-21-17(3)12-8-6-5-7-10-14-20-4;1-2/h31,37,41H,1-2,12-30,32-34H2,3-11H3;18,20-21H,1,3,5-15,19H2,2,4H3;1-2H3. The van der Waals surface area contributed by atoms with E-state index in [1.54, 1.807) is 0 Å². The van der Waals surface area contributed by atoms with Crippen molar-refractivity contribution in [3.05, 3.63) is 48.9 Å². The Hall–Kier alpha value is -1.66. The summed E-state index contributed by atoms with van der Waals surface area (Å²) in [5.74, 6) is 0. The Morgan fingerprint density at radius 1 is 0.603 bits per heavy atom. The maximum atomic E-state index is 13.5. The van der Waals surface area contributed by atoms with E-state index in [1.807, 2.05) is 48.6 Å². The van der Waals surface area contributed by atoms with E-state index in [1.165, 1.54) is 140 Å². The van der Waals surface area contributed by atoms with Gasteiger partial charge in [0.2, 0.25) is 7.37 Å². The zero-order chi connectivity index (χ0) is 52.3. The Kier molecular flexibility index (Phi) is 45.8. The van der Waals surface area contributed by atoms with Crippen LogP contribution < -0.4 is 21.7 Å². The predicted octanol–water partition coefficient (Wildman–Crippen LogP) is 18.0. The van der Waals surface area contributed by atoms with Crippen LogP contribution >= 0.6 is 7.37 Å². The van der Waals surface area contributed by atoms with Gasteiger partial charge in [0.05, 0.1) is 5.60 Å². The smallest absolute Gasteiger partial charge is 0.204 e. The lowest BCUT2D eigenvalue weighted by molar-refractivity contribution is -0.108. The van der Waals surface area contributed by atoms with Gasteiger partial charge >= 0.3 is 0 Å². The molecule has 0 fully saturated rings. The highest BCUT2D eigenvalue weighted by molar-refractivity contribution is 7.59. The molecule has 0 saturated carbocycles. The van der Waals surface area contributed by atoms with Crippen molar-refractivity contribution < 1.29 is 13.9 Å². The van der Waals surface area contributed by atoms with E-state index in [0.717, 1.165) is 88.2 Å². The molecule has 0 rings (SSSR count). The molecule has 3 atom stereocenters. The summed E-state index contributed by atoms with van der Waals surface area (Å²) in [5.41, 5.74) is 10.4. The number of nitrogens with two attached hydrogens (primary N) is 1. The molecule has 0 aromatic carbocycles. The molecule has 404 valence electrons. The van der Waals surface area contributed by atoms with Gasteiger partial charge < -0.3 is 31.0 Å². The van der Waals surface area contributed by atoms with Gasteiger partial charge in [0.15, 0.2) is 0 Å². The third-order valence-corrected chi connectivity index (χ3v) is 15.2. The molecule has 5 N–H and O–H groups in total. The fraction of sp³-hybridized carbons (Fsp3) is 0.850. The second kappa shape index (κ2) is 44.1. The molecule has 0 aliphatic heterocycles. The summed E-state index contributed by atoms with van der Waals surface area (Å²) in [6, 6.07) is 0.313. The van der Waals surface area contributed by atoms with Crippen molar-refractivity contribution in [3.8, 4) is 0 Å². The van der Waals surface area contributed by atoms with Crippen LogP contribution in [0.5, 0.6) is 0 Å². The summed E-state index contributed by atoms with van der Waals surface area (Å²) >= 11 is 0. The van der Waals surface area contributed by atoms with Crippen LogP contribution in [0, 0.1) is 10.8 Å². The number of nitrogens with one attached hydrogen (secondary N) is 3. The third kappa shape index (κ3) is 52.2. The minimum atomic E-state index is -2.59. The van der Waals surface area contributed by atoms with Crippen LogP contribution in [0.25, 0.3) is 0 Å². The topological polar surface area (TPSA) is 105 Å². The molecular weight excluding hydrogens is 856 g/mol. The van der Waals surface area contributed by atoms with Crippen molar-refractivity contribution in [1.29, 1.82) is 0 Å². The van der Waals surface area contributed by atoms with E-state index in [4.69, 9.17) is 10.3 Å². The number of carbonyl (C=O) groups is 1. The van der Waals surface area contributed by atoms with Crippen LogP contribution in [-0.2, 0) is 13.9 Å². The number of hydrogen-bond donors (Lipinski definition) is 4. The summed E-state index contributed by atoms with van der Waals surface area (Å²) in [6.07, 6.45) is 37.6. The lowest BCUT2D eigenvalue weighted by Crippen LogP contribution is -2.31. The average Bonchev–Trinajstić information content (AvgIpc) is 3.23. The molecule has 0 aromatic heterocycles. The molecule has 0 saturated heterocycles. The minimum Gasteiger partial charge on any atom is -0.389 e. The molecular formula is C60H121N4O3P. The molecule has 0 aliphatic carbocycles. The SMILES string of the molecule is C=C(CCCCCCCCCCCCCCCCCCP(=O)(CC(C)(C)C)OC(C)(C)C)NC(CCC=O)C(=C)CC(C)(C)C.C=C(CCCCCCCNC)NCCCCC(N)C(=C)C.CC. The van der Waals surface area contributed by atoms with Crippen molar-refractivity contribution in [3.63, 3.8) is 0 Å². The first-order chi connectivity index (χ1) is 31.9. The van der Waals surface area contributed by atoms with Crippen molar-refractivity contribution in [1.82, 2.24) is 16.0 Å². The van der Waals surface area contributed by atoms with Gasteiger partial charge in [-0.3, -0.25) is 4.57 Å². The molecule has 0 bridgehead atoms. The third-order valence-electron chi connectivity index (χ3n) is 11.9. The number of allylic oxidation sites excluding steroid dienone is 2. The fourth-order valence-corrected chi connectivity index (χ4v) is 12.0.